The molecule has 6 heteroatoms. The summed E-state index contributed by atoms with van der Waals surface area (Å²) < 4.78 is 23.7. The van der Waals surface area contributed by atoms with E-state index in [4.69, 9.17) is 0 Å². The summed E-state index contributed by atoms with van der Waals surface area (Å²) in [6.45, 7) is 9.98. The van der Waals surface area contributed by atoms with E-state index in [-0.39, 0.29) is 17.0 Å². The zero-order valence-electron chi connectivity index (χ0n) is 13.5. The van der Waals surface area contributed by atoms with Crippen molar-refractivity contribution in [3.63, 3.8) is 0 Å². The first-order valence-electron chi connectivity index (χ1n) is 8.15. The highest BCUT2D eigenvalue weighted by atomic mass is 32.2. The monoisotopic (exact) mass is 318 g/mol. The van der Waals surface area contributed by atoms with Crippen LogP contribution in [-0.4, -0.2) is 79.2 Å². The summed E-state index contributed by atoms with van der Waals surface area (Å²) in [4.78, 5) is 4.46. The van der Waals surface area contributed by atoms with Crippen LogP contribution in [0, 0.1) is 5.92 Å². The number of aliphatic hydroxyl groups excluding tert-OH is 1. The maximum absolute atomic E-state index is 11.9. The molecule has 0 spiro atoms. The number of hydrogen-bond acceptors (Lipinski definition) is 5. The summed E-state index contributed by atoms with van der Waals surface area (Å²) in [5.74, 6) is 1.01. The maximum Gasteiger partial charge on any atom is 0.155 e. The van der Waals surface area contributed by atoms with Crippen LogP contribution in [0.3, 0.4) is 0 Å². The van der Waals surface area contributed by atoms with E-state index in [1.807, 2.05) is 6.92 Å². The van der Waals surface area contributed by atoms with Crippen molar-refractivity contribution in [1.29, 1.82) is 0 Å². The smallest absolute Gasteiger partial charge is 0.155 e. The van der Waals surface area contributed by atoms with Crippen molar-refractivity contribution < 1.29 is 13.5 Å². The third-order valence-corrected chi connectivity index (χ3v) is 7.55. The standard InChI is InChI=1S/C15H30N2O3S/c1-12-4-6-16(7-5-12)10-15(18)11-17-8-9-21(19,20)14(3)13(17)2/h12-15,18H,4-11H2,1-3H3. The summed E-state index contributed by atoms with van der Waals surface area (Å²) in [5, 5.41) is 9.98. The van der Waals surface area contributed by atoms with Gasteiger partial charge in [-0.1, -0.05) is 6.92 Å². The molecule has 124 valence electrons. The van der Waals surface area contributed by atoms with Crippen LogP contribution in [-0.2, 0) is 9.84 Å². The summed E-state index contributed by atoms with van der Waals surface area (Å²) in [5.41, 5.74) is 0. The Hall–Kier alpha value is -0.170. The van der Waals surface area contributed by atoms with E-state index in [0.29, 0.717) is 19.6 Å². The molecule has 1 N–H and O–H groups in total. The van der Waals surface area contributed by atoms with Crippen LogP contribution in [0.25, 0.3) is 0 Å². The van der Waals surface area contributed by atoms with Gasteiger partial charge >= 0.3 is 0 Å². The van der Waals surface area contributed by atoms with Crippen molar-refractivity contribution in [2.24, 2.45) is 5.92 Å². The molecule has 2 saturated heterocycles. The van der Waals surface area contributed by atoms with Crippen LogP contribution < -0.4 is 0 Å². The number of rotatable bonds is 4. The minimum Gasteiger partial charge on any atom is -0.390 e. The minimum atomic E-state index is -2.95. The molecule has 2 rings (SSSR count). The van der Waals surface area contributed by atoms with Gasteiger partial charge < -0.3 is 10.0 Å². The van der Waals surface area contributed by atoms with Gasteiger partial charge in [-0.15, -0.1) is 0 Å². The second kappa shape index (κ2) is 6.94. The molecular formula is C15H30N2O3S. The lowest BCUT2D eigenvalue weighted by atomic mass is 9.99. The molecule has 5 nitrogen and oxygen atoms in total. The van der Waals surface area contributed by atoms with Crippen molar-refractivity contribution in [1.82, 2.24) is 9.80 Å². The molecule has 0 amide bonds. The Labute approximate surface area is 129 Å². The van der Waals surface area contributed by atoms with Crippen molar-refractivity contribution in [2.75, 3.05) is 38.5 Å². The molecule has 0 aliphatic carbocycles. The third kappa shape index (κ3) is 4.41. The van der Waals surface area contributed by atoms with Crippen molar-refractivity contribution in [3.05, 3.63) is 0 Å². The number of likely N-dealkylation sites (tertiary alicyclic amines) is 1. The molecule has 0 radical (unpaired) electrons. The van der Waals surface area contributed by atoms with Gasteiger partial charge in [-0.05, 0) is 45.7 Å². The molecule has 0 bridgehead atoms. The van der Waals surface area contributed by atoms with Gasteiger partial charge in [0.05, 0.1) is 17.1 Å². The number of aliphatic hydroxyl groups is 1. The van der Waals surface area contributed by atoms with Crippen LogP contribution in [0.4, 0.5) is 0 Å². The molecule has 2 fully saturated rings. The molecule has 0 saturated carbocycles. The lowest BCUT2D eigenvalue weighted by Gasteiger charge is -2.39. The average molecular weight is 318 g/mol. The van der Waals surface area contributed by atoms with E-state index >= 15 is 0 Å². The molecule has 2 aliphatic heterocycles. The first kappa shape index (κ1) is 17.2. The number of hydrogen-bond donors (Lipinski definition) is 1. The predicted octanol–water partition coefficient (Wildman–Crippen LogP) is 0.587. The second-order valence-corrected chi connectivity index (χ2v) is 9.42. The third-order valence-electron chi connectivity index (χ3n) is 5.28. The molecular weight excluding hydrogens is 288 g/mol. The van der Waals surface area contributed by atoms with Crippen LogP contribution in [0.15, 0.2) is 0 Å². The minimum absolute atomic E-state index is 0.0141. The average Bonchev–Trinajstić information content (AvgIpc) is 2.43. The molecule has 2 heterocycles. The highest BCUT2D eigenvalue weighted by Crippen LogP contribution is 2.20. The van der Waals surface area contributed by atoms with Crippen LogP contribution in [0.5, 0.6) is 0 Å². The fourth-order valence-corrected chi connectivity index (χ4v) is 4.99. The second-order valence-electron chi connectivity index (χ2n) is 6.94. The van der Waals surface area contributed by atoms with E-state index < -0.39 is 15.9 Å². The lowest BCUT2D eigenvalue weighted by molar-refractivity contribution is 0.0501. The van der Waals surface area contributed by atoms with E-state index in [0.717, 1.165) is 19.0 Å². The summed E-state index contributed by atoms with van der Waals surface area (Å²) in [7, 11) is -2.95. The fourth-order valence-electron chi connectivity index (χ4n) is 3.36. The Morgan fingerprint density at radius 1 is 1.10 bits per heavy atom. The highest BCUT2D eigenvalue weighted by Gasteiger charge is 2.36. The van der Waals surface area contributed by atoms with Crippen LogP contribution in [0.1, 0.15) is 33.6 Å². The topological polar surface area (TPSA) is 60.9 Å². The Balaban J connectivity index is 1.81. The molecule has 3 unspecified atom stereocenters. The molecule has 0 aromatic rings. The number of sulfone groups is 1. The van der Waals surface area contributed by atoms with E-state index in [2.05, 4.69) is 16.7 Å². The number of piperidine rings is 1. The van der Waals surface area contributed by atoms with Gasteiger partial charge in [-0.25, -0.2) is 8.42 Å². The van der Waals surface area contributed by atoms with Crippen LogP contribution in [0.2, 0.25) is 0 Å². The van der Waals surface area contributed by atoms with Crippen LogP contribution >= 0.6 is 0 Å². The fraction of sp³-hybridized carbons (Fsp3) is 1.00. The van der Waals surface area contributed by atoms with Crippen molar-refractivity contribution in [3.8, 4) is 0 Å². The highest BCUT2D eigenvalue weighted by molar-refractivity contribution is 7.92. The Morgan fingerprint density at radius 2 is 1.71 bits per heavy atom. The zero-order chi connectivity index (χ0) is 15.6. The van der Waals surface area contributed by atoms with Crippen molar-refractivity contribution >= 4 is 9.84 Å². The van der Waals surface area contributed by atoms with Gasteiger partial charge in [0.1, 0.15) is 0 Å². The van der Waals surface area contributed by atoms with Gasteiger partial charge in [-0.3, -0.25) is 4.90 Å². The molecule has 0 aromatic heterocycles. The number of nitrogens with zero attached hydrogens (tertiary/aromatic N) is 2. The summed E-state index contributed by atoms with van der Waals surface area (Å²) in [6, 6.07) is -0.0141. The largest absolute Gasteiger partial charge is 0.390 e. The summed E-state index contributed by atoms with van der Waals surface area (Å²) in [6.07, 6.45) is 2.03. The first-order chi connectivity index (χ1) is 9.79. The lowest BCUT2D eigenvalue weighted by Crippen LogP contribution is -2.55. The first-order valence-corrected chi connectivity index (χ1v) is 9.87. The SMILES string of the molecule is CC1CCN(CC(O)CN2CCS(=O)(=O)C(C)C2C)CC1. The molecule has 21 heavy (non-hydrogen) atoms. The Kier molecular flexibility index (Phi) is 5.68. The Bertz CT molecular complexity index is 432. The number of β-amino-alcohol motifs (C(OH)–C–C–N with tert-alkyl or cyclic N) is 1. The predicted molar refractivity (Wildman–Crippen MR) is 85.1 cm³/mol. The van der Waals surface area contributed by atoms with Crippen molar-refractivity contribution in [2.45, 2.75) is 51.0 Å². The van der Waals surface area contributed by atoms with Gasteiger partial charge in [0.2, 0.25) is 0 Å². The van der Waals surface area contributed by atoms with Gasteiger partial charge in [0, 0.05) is 25.7 Å². The van der Waals surface area contributed by atoms with E-state index in [9.17, 15) is 13.5 Å². The zero-order valence-corrected chi connectivity index (χ0v) is 14.3. The molecule has 3 atom stereocenters. The Morgan fingerprint density at radius 3 is 2.33 bits per heavy atom. The maximum atomic E-state index is 11.9. The van der Waals surface area contributed by atoms with Gasteiger partial charge in [0.25, 0.3) is 0 Å². The normalized spacial score (nSPS) is 33.9. The van der Waals surface area contributed by atoms with E-state index in [1.54, 1.807) is 6.92 Å². The molecule has 0 aromatic carbocycles. The van der Waals surface area contributed by atoms with Gasteiger partial charge in [-0.2, -0.15) is 0 Å². The molecule has 2 aliphatic rings. The van der Waals surface area contributed by atoms with E-state index in [1.165, 1.54) is 12.8 Å². The van der Waals surface area contributed by atoms with Gasteiger partial charge in [0.15, 0.2) is 9.84 Å². The quantitative estimate of drug-likeness (QED) is 0.822. The summed E-state index contributed by atoms with van der Waals surface area (Å²) >= 11 is 0.